The van der Waals surface area contributed by atoms with E-state index in [2.05, 4.69) is 10.1 Å². The molecule has 9 heteroatoms. The number of anilines is 1. The molecule has 0 spiro atoms. The molecule has 0 saturated carbocycles. The topological polar surface area (TPSA) is 121 Å². The van der Waals surface area contributed by atoms with Gasteiger partial charge in [0.1, 0.15) is 6.54 Å². The van der Waals surface area contributed by atoms with E-state index in [0.717, 1.165) is 16.8 Å². The van der Waals surface area contributed by atoms with Crippen LogP contribution in [-0.4, -0.2) is 28.5 Å². The first-order valence-corrected chi connectivity index (χ1v) is 7.15. The number of hydrogen-bond donors (Lipinski definition) is 1. The van der Waals surface area contributed by atoms with E-state index in [-0.39, 0.29) is 17.8 Å². The zero-order valence-electron chi connectivity index (χ0n) is 13.5. The van der Waals surface area contributed by atoms with Crippen LogP contribution in [0.15, 0.2) is 41.3 Å². The zero-order valence-corrected chi connectivity index (χ0v) is 13.5. The molecule has 1 aromatic carbocycles. The van der Waals surface area contributed by atoms with Crippen LogP contribution in [0.25, 0.3) is 0 Å². The van der Waals surface area contributed by atoms with Crippen LogP contribution in [-0.2, 0) is 16.1 Å². The molecule has 0 atom stereocenters. The molecule has 0 aliphatic rings. The highest BCUT2D eigenvalue weighted by Crippen LogP contribution is 2.14. The van der Waals surface area contributed by atoms with Gasteiger partial charge in [-0.05, 0) is 31.2 Å². The van der Waals surface area contributed by atoms with Crippen LogP contribution >= 0.6 is 0 Å². The van der Waals surface area contributed by atoms with Gasteiger partial charge < -0.3 is 10.1 Å². The Morgan fingerprint density at radius 1 is 1.28 bits per heavy atom. The largest absolute Gasteiger partial charge is 0.465 e. The van der Waals surface area contributed by atoms with Crippen LogP contribution in [0.5, 0.6) is 0 Å². The number of esters is 1. The Bertz CT molecular complexity index is 886. The third-order valence-corrected chi connectivity index (χ3v) is 3.41. The predicted octanol–water partition coefficient (Wildman–Crippen LogP) is 1.49. The van der Waals surface area contributed by atoms with Crippen molar-refractivity contribution in [2.24, 2.45) is 0 Å². The molecule has 2 rings (SSSR count). The average molecular weight is 345 g/mol. The van der Waals surface area contributed by atoms with Gasteiger partial charge in [-0.25, -0.2) is 4.79 Å². The van der Waals surface area contributed by atoms with Crippen LogP contribution < -0.4 is 10.9 Å². The summed E-state index contributed by atoms with van der Waals surface area (Å²) in [5, 5.41) is 13.5. The van der Waals surface area contributed by atoms with Gasteiger partial charge in [0.15, 0.2) is 0 Å². The average Bonchev–Trinajstić information content (AvgIpc) is 2.57. The molecule has 0 aliphatic carbocycles. The Labute approximate surface area is 142 Å². The summed E-state index contributed by atoms with van der Waals surface area (Å²) in [5.74, 6) is -1.04. The lowest BCUT2D eigenvalue weighted by molar-refractivity contribution is -0.385. The third kappa shape index (κ3) is 4.28. The number of nitrogens with zero attached hydrogens (tertiary/aromatic N) is 2. The van der Waals surface area contributed by atoms with E-state index in [9.17, 15) is 24.5 Å². The number of carbonyl (C=O) groups excluding carboxylic acids is 2. The molecular weight excluding hydrogens is 330 g/mol. The number of methoxy groups -OCH3 is 1. The molecule has 0 fully saturated rings. The monoisotopic (exact) mass is 345 g/mol. The number of amides is 1. The highest BCUT2D eigenvalue weighted by Gasteiger charge is 2.15. The Morgan fingerprint density at radius 2 is 1.92 bits per heavy atom. The van der Waals surface area contributed by atoms with Gasteiger partial charge in [0.25, 0.3) is 11.2 Å². The molecular formula is C16H15N3O6. The maximum Gasteiger partial charge on any atom is 0.337 e. The van der Waals surface area contributed by atoms with Crippen LogP contribution in [0, 0.1) is 17.0 Å². The first-order valence-electron chi connectivity index (χ1n) is 7.15. The number of hydrogen-bond acceptors (Lipinski definition) is 6. The summed E-state index contributed by atoms with van der Waals surface area (Å²) >= 11 is 0. The van der Waals surface area contributed by atoms with Crippen molar-refractivity contribution in [2.75, 3.05) is 12.4 Å². The number of carbonyl (C=O) groups is 2. The van der Waals surface area contributed by atoms with Gasteiger partial charge in [0.2, 0.25) is 5.91 Å². The minimum absolute atomic E-state index is 0.227. The van der Waals surface area contributed by atoms with Crippen LogP contribution in [0.1, 0.15) is 15.9 Å². The number of aromatic nitrogens is 1. The van der Waals surface area contributed by atoms with Crippen LogP contribution in [0.4, 0.5) is 11.4 Å². The molecule has 0 unspecified atom stereocenters. The number of nitro groups is 1. The van der Waals surface area contributed by atoms with Crippen molar-refractivity contribution in [3.05, 3.63) is 68.1 Å². The lowest BCUT2D eigenvalue weighted by Crippen LogP contribution is -2.27. The molecule has 0 radical (unpaired) electrons. The first kappa shape index (κ1) is 17.9. The highest BCUT2D eigenvalue weighted by molar-refractivity contribution is 5.92. The van der Waals surface area contributed by atoms with E-state index in [4.69, 9.17) is 0 Å². The number of benzene rings is 1. The van der Waals surface area contributed by atoms with Gasteiger partial charge in [-0.15, -0.1) is 0 Å². The van der Waals surface area contributed by atoms with E-state index in [0.29, 0.717) is 11.3 Å². The summed E-state index contributed by atoms with van der Waals surface area (Å²) in [6.07, 6.45) is 1.04. The van der Waals surface area contributed by atoms with Gasteiger partial charge in [-0.1, -0.05) is 0 Å². The number of nitrogens with one attached hydrogen (secondary N) is 1. The number of ether oxygens (including phenoxy) is 1. The molecule has 0 saturated heterocycles. The minimum atomic E-state index is -0.616. The normalized spacial score (nSPS) is 10.2. The second-order valence-electron chi connectivity index (χ2n) is 5.18. The Kier molecular flexibility index (Phi) is 5.28. The highest BCUT2D eigenvalue weighted by atomic mass is 16.6. The fourth-order valence-electron chi connectivity index (χ4n) is 2.13. The SMILES string of the molecule is COC(=O)c1ccc(NC(=O)Cn2cc([N+](=O)[O-])c(C)cc2=O)cc1. The summed E-state index contributed by atoms with van der Waals surface area (Å²) in [7, 11) is 1.26. The van der Waals surface area contributed by atoms with Crippen molar-refractivity contribution in [2.45, 2.75) is 13.5 Å². The van der Waals surface area contributed by atoms with Gasteiger partial charge in [-0.2, -0.15) is 0 Å². The van der Waals surface area contributed by atoms with Crippen molar-refractivity contribution in [1.82, 2.24) is 4.57 Å². The summed E-state index contributed by atoms with van der Waals surface area (Å²) in [6, 6.07) is 7.07. The molecule has 1 aromatic heterocycles. The molecule has 1 amide bonds. The Hall–Kier alpha value is -3.49. The van der Waals surface area contributed by atoms with E-state index in [1.165, 1.54) is 38.3 Å². The van der Waals surface area contributed by atoms with Crippen molar-refractivity contribution >= 4 is 23.3 Å². The third-order valence-electron chi connectivity index (χ3n) is 3.41. The molecule has 0 aliphatic heterocycles. The zero-order chi connectivity index (χ0) is 18.6. The Balaban J connectivity index is 2.13. The van der Waals surface area contributed by atoms with Crippen LogP contribution in [0.3, 0.4) is 0 Å². The number of aryl methyl sites for hydroxylation is 1. The molecule has 25 heavy (non-hydrogen) atoms. The number of rotatable bonds is 5. The van der Waals surface area contributed by atoms with Gasteiger partial charge >= 0.3 is 5.97 Å². The first-order chi connectivity index (χ1) is 11.8. The smallest absolute Gasteiger partial charge is 0.337 e. The van der Waals surface area contributed by atoms with Crippen molar-refractivity contribution in [3.63, 3.8) is 0 Å². The summed E-state index contributed by atoms with van der Waals surface area (Å²) < 4.78 is 5.53. The van der Waals surface area contributed by atoms with Crippen LogP contribution in [0.2, 0.25) is 0 Å². The van der Waals surface area contributed by atoms with E-state index in [1.807, 2.05) is 0 Å². The quantitative estimate of drug-likeness (QED) is 0.498. The number of pyridine rings is 1. The summed E-state index contributed by atoms with van der Waals surface area (Å²) in [4.78, 5) is 45.6. The summed E-state index contributed by atoms with van der Waals surface area (Å²) in [5.41, 5.74) is 0.206. The molecule has 130 valence electrons. The second kappa shape index (κ2) is 7.39. The van der Waals surface area contributed by atoms with E-state index < -0.39 is 22.4 Å². The predicted molar refractivity (Wildman–Crippen MR) is 88.5 cm³/mol. The van der Waals surface area contributed by atoms with Crippen molar-refractivity contribution in [3.8, 4) is 0 Å². The van der Waals surface area contributed by atoms with E-state index in [1.54, 1.807) is 0 Å². The molecule has 2 aromatic rings. The van der Waals surface area contributed by atoms with Gasteiger partial charge in [0.05, 0.1) is 23.8 Å². The fourth-order valence-corrected chi connectivity index (χ4v) is 2.13. The maximum atomic E-state index is 12.0. The molecule has 0 bridgehead atoms. The van der Waals surface area contributed by atoms with Gasteiger partial charge in [-0.3, -0.25) is 24.3 Å². The fraction of sp³-hybridized carbons (Fsp3) is 0.188. The molecule has 9 nitrogen and oxygen atoms in total. The minimum Gasteiger partial charge on any atom is -0.465 e. The molecule has 1 N–H and O–H groups in total. The standard InChI is InChI=1S/C16H15N3O6/c1-10-7-15(21)18(8-13(10)19(23)24)9-14(20)17-12-5-3-11(4-6-12)16(22)25-2/h3-8H,9H2,1-2H3,(H,17,20). The summed E-state index contributed by atoms with van der Waals surface area (Å²) in [6.45, 7) is 1.07. The lowest BCUT2D eigenvalue weighted by Gasteiger charge is -2.08. The maximum absolute atomic E-state index is 12.0. The van der Waals surface area contributed by atoms with Crippen molar-refractivity contribution < 1.29 is 19.2 Å². The second-order valence-corrected chi connectivity index (χ2v) is 5.18. The van der Waals surface area contributed by atoms with E-state index >= 15 is 0 Å². The molecule has 1 heterocycles. The van der Waals surface area contributed by atoms with Gasteiger partial charge in [0, 0.05) is 17.3 Å². The lowest BCUT2D eigenvalue weighted by atomic mass is 10.2. The van der Waals surface area contributed by atoms with Crippen molar-refractivity contribution in [1.29, 1.82) is 0 Å². The Morgan fingerprint density at radius 3 is 2.48 bits per heavy atom.